The van der Waals surface area contributed by atoms with Crippen molar-refractivity contribution in [3.05, 3.63) is 64.0 Å². The van der Waals surface area contributed by atoms with Crippen LogP contribution < -0.4 is 0 Å². The van der Waals surface area contributed by atoms with Gasteiger partial charge in [-0.25, -0.2) is 0 Å². The van der Waals surface area contributed by atoms with Crippen molar-refractivity contribution < 1.29 is 14.7 Å². The van der Waals surface area contributed by atoms with Crippen LogP contribution in [-0.4, -0.2) is 34.8 Å². The molecule has 1 N–H and O–H groups in total. The molecule has 4 rings (SSSR count). The lowest BCUT2D eigenvalue weighted by atomic mass is 9.95. The third kappa shape index (κ3) is 4.67. The molecule has 1 amide bonds. The Balaban J connectivity index is 1.51. The Kier molecular flexibility index (Phi) is 6.42. The summed E-state index contributed by atoms with van der Waals surface area (Å²) >= 11 is 1.57. The molecule has 0 atom stereocenters. The molecular weight excluding hydrogens is 406 g/mol. The van der Waals surface area contributed by atoms with E-state index < -0.39 is 0 Å². The average Bonchev–Trinajstić information content (AvgIpc) is 3.17. The van der Waals surface area contributed by atoms with E-state index in [1.807, 2.05) is 35.2 Å². The Bertz CT molecular complexity index is 1090. The zero-order chi connectivity index (χ0) is 22.0. The van der Waals surface area contributed by atoms with Crippen molar-refractivity contribution in [2.75, 3.05) is 13.1 Å². The lowest BCUT2D eigenvalue weighted by Gasteiger charge is -2.26. The van der Waals surface area contributed by atoms with Crippen LogP contribution in [-0.2, 0) is 11.2 Å². The number of likely N-dealkylation sites (tertiary alicyclic amines) is 1. The molecule has 0 spiro atoms. The normalized spacial score (nSPS) is 14.4. The Morgan fingerprint density at radius 2 is 1.74 bits per heavy atom. The minimum absolute atomic E-state index is 0.0107. The van der Waals surface area contributed by atoms with E-state index >= 15 is 0 Å². The number of nitrogens with zero attached hydrogens (tertiary/aromatic N) is 1. The summed E-state index contributed by atoms with van der Waals surface area (Å²) < 4.78 is 0.930. The van der Waals surface area contributed by atoms with E-state index in [4.69, 9.17) is 0 Å². The number of hydrogen-bond acceptors (Lipinski definition) is 4. The number of phenolic OH excluding ortho intramolecular Hbond substituents is 1. The third-order valence-electron chi connectivity index (χ3n) is 6.00. The second-order valence-corrected chi connectivity index (χ2v) is 9.73. The van der Waals surface area contributed by atoms with Gasteiger partial charge < -0.3 is 10.0 Å². The van der Waals surface area contributed by atoms with Gasteiger partial charge in [0.2, 0.25) is 5.91 Å². The van der Waals surface area contributed by atoms with E-state index in [1.165, 1.54) is 6.42 Å². The first kappa shape index (κ1) is 21.6. The average molecular weight is 436 g/mol. The van der Waals surface area contributed by atoms with Crippen molar-refractivity contribution in [2.45, 2.75) is 51.9 Å². The standard InChI is InChI=1S/C26H29NO3S/c1-17(2)26-24(21-12-11-20(28)16-22(21)31-26)25(30)19-9-6-18(7-10-19)8-13-23(29)27-14-4-3-5-15-27/h6-7,9-12,16-17,28H,3-5,8,13-15H2,1-2H3. The van der Waals surface area contributed by atoms with Crippen molar-refractivity contribution in [3.63, 3.8) is 0 Å². The van der Waals surface area contributed by atoms with E-state index in [-0.39, 0.29) is 23.4 Å². The Morgan fingerprint density at radius 3 is 2.42 bits per heavy atom. The largest absolute Gasteiger partial charge is 0.508 e. The Labute approximate surface area is 187 Å². The molecule has 1 aliphatic rings. The molecule has 5 heteroatoms. The summed E-state index contributed by atoms with van der Waals surface area (Å²) in [5.74, 6) is 0.677. The molecule has 3 aromatic rings. The van der Waals surface area contributed by atoms with Gasteiger partial charge in [0.05, 0.1) is 0 Å². The van der Waals surface area contributed by atoms with Gasteiger partial charge in [-0.05, 0) is 55.4 Å². The molecule has 2 heterocycles. The van der Waals surface area contributed by atoms with Crippen LogP contribution in [0.15, 0.2) is 42.5 Å². The number of benzene rings is 2. The van der Waals surface area contributed by atoms with E-state index in [2.05, 4.69) is 13.8 Å². The van der Waals surface area contributed by atoms with Crippen LogP contribution >= 0.6 is 11.3 Å². The molecule has 31 heavy (non-hydrogen) atoms. The lowest BCUT2D eigenvalue weighted by molar-refractivity contribution is -0.132. The Morgan fingerprint density at radius 1 is 1.03 bits per heavy atom. The molecule has 0 aliphatic carbocycles. The molecule has 1 aromatic heterocycles. The topological polar surface area (TPSA) is 57.6 Å². The molecule has 0 saturated carbocycles. The summed E-state index contributed by atoms with van der Waals surface area (Å²) in [6.07, 6.45) is 4.65. The molecule has 4 nitrogen and oxygen atoms in total. The molecule has 0 unspecified atom stereocenters. The molecule has 1 fully saturated rings. The summed E-state index contributed by atoms with van der Waals surface area (Å²) in [5, 5.41) is 10.7. The fourth-order valence-electron chi connectivity index (χ4n) is 4.26. The van der Waals surface area contributed by atoms with Crippen molar-refractivity contribution in [1.29, 1.82) is 0 Å². The SMILES string of the molecule is CC(C)c1sc2cc(O)ccc2c1C(=O)c1ccc(CCC(=O)N2CCCCC2)cc1. The zero-order valence-corrected chi connectivity index (χ0v) is 19.0. The molecule has 0 bridgehead atoms. The second-order valence-electron chi connectivity index (χ2n) is 8.64. The van der Waals surface area contributed by atoms with Crippen molar-refractivity contribution >= 4 is 33.1 Å². The highest BCUT2D eigenvalue weighted by atomic mass is 32.1. The predicted octanol–water partition coefficient (Wildman–Crippen LogP) is 5.91. The maximum absolute atomic E-state index is 13.4. The number of amides is 1. The van der Waals surface area contributed by atoms with Gasteiger partial charge in [0, 0.05) is 45.6 Å². The van der Waals surface area contributed by atoms with Crippen LogP contribution in [0.25, 0.3) is 10.1 Å². The first-order valence-electron chi connectivity index (χ1n) is 11.1. The fraction of sp³-hybridized carbons (Fsp3) is 0.385. The van der Waals surface area contributed by atoms with Gasteiger partial charge in [0.1, 0.15) is 5.75 Å². The van der Waals surface area contributed by atoms with Gasteiger partial charge in [-0.2, -0.15) is 0 Å². The number of rotatable bonds is 6. The highest BCUT2D eigenvalue weighted by molar-refractivity contribution is 7.19. The van der Waals surface area contributed by atoms with Gasteiger partial charge in [-0.15, -0.1) is 11.3 Å². The van der Waals surface area contributed by atoms with Crippen molar-refractivity contribution in [3.8, 4) is 5.75 Å². The number of ketones is 1. The lowest BCUT2D eigenvalue weighted by Crippen LogP contribution is -2.35. The molecule has 0 radical (unpaired) electrons. The minimum Gasteiger partial charge on any atom is -0.508 e. The van der Waals surface area contributed by atoms with E-state index in [1.54, 1.807) is 23.5 Å². The van der Waals surface area contributed by atoms with Crippen LogP contribution in [0.3, 0.4) is 0 Å². The summed E-state index contributed by atoms with van der Waals surface area (Å²) in [7, 11) is 0. The molecule has 1 aliphatic heterocycles. The van der Waals surface area contributed by atoms with Gasteiger partial charge in [-0.3, -0.25) is 9.59 Å². The number of fused-ring (bicyclic) bond motifs is 1. The fourth-order valence-corrected chi connectivity index (χ4v) is 5.50. The smallest absolute Gasteiger partial charge is 0.222 e. The summed E-state index contributed by atoms with van der Waals surface area (Å²) in [5.41, 5.74) is 2.47. The first-order valence-corrected chi connectivity index (χ1v) is 11.9. The van der Waals surface area contributed by atoms with Gasteiger partial charge in [-0.1, -0.05) is 38.1 Å². The van der Waals surface area contributed by atoms with Gasteiger partial charge in [0.25, 0.3) is 0 Å². The first-order chi connectivity index (χ1) is 14.9. The quantitative estimate of drug-likeness (QED) is 0.490. The van der Waals surface area contributed by atoms with Crippen LogP contribution in [0, 0.1) is 0 Å². The number of carbonyl (C=O) groups excluding carboxylic acids is 2. The third-order valence-corrected chi connectivity index (χ3v) is 7.46. The maximum Gasteiger partial charge on any atom is 0.222 e. The molecular formula is C26H29NO3S. The van der Waals surface area contributed by atoms with E-state index in [9.17, 15) is 14.7 Å². The number of phenols is 1. The highest BCUT2D eigenvalue weighted by Gasteiger charge is 2.22. The number of carbonyl (C=O) groups is 2. The number of hydrogen-bond donors (Lipinski definition) is 1. The maximum atomic E-state index is 13.4. The molecule has 1 saturated heterocycles. The number of piperidine rings is 1. The summed E-state index contributed by atoms with van der Waals surface area (Å²) in [6, 6.07) is 12.9. The zero-order valence-electron chi connectivity index (χ0n) is 18.2. The van der Waals surface area contributed by atoms with Crippen LogP contribution in [0.5, 0.6) is 5.75 Å². The summed E-state index contributed by atoms with van der Waals surface area (Å²) in [6.45, 7) is 5.95. The van der Waals surface area contributed by atoms with Crippen LogP contribution in [0.1, 0.15) is 71.8 Å². The van der Waals surface area contributed by atoms with Crippen molar-refractivity contribution in [2.24, 2.45) is 0 Å². The number of aryl methyl sites for hydroxylation is 1. The van der Waals surface area contributed by atoms with Gasteiger partial charge in [0.15, 0.2) is 5.78 Å². The second kappa shape index (κ2) is 9.23. The summed E-state index contributed by atoms with van der Waals surface area (Å²) in [4.78, 5) is 28.8. The highest BCUT2D eigenvalue weighted by Crippen LogP contribution is 2.38. The Hall–Kier alpha value is -2.66. The van der Waals surface area contributed by atoms with E-state index in [0.29, 0.717) is 18.4 Å². The monoisotopic (exact) mass is 435 g/mol. The number of thiophene rings is 1. The minimum atomic E-state index is 0.0107. The van der Waals surface area contributed by atoms with Crippen LogP contribution in [0.4, 0.5) is 0 Å². The predicted molar refractivity (Wildman–Crippen MR) is 126 cm³/mol. The molecule has 162 valence electrons. The molecule has 2 aromatic carbocycles. The van der Waals surface area contributed by atoms with E-state index in [0.717, 1.165) is 52.0 Å². The van der Waals surface area contributed by atoms with Gasteiger partial charge >= 0.3 is 0 Å². The number of aromatic hydroxyl groups is 1. The van der Waals surface area contributed by atoms with Crippen molar-refractivity contribution in [1.82, 2.24) is 4.90 Å². The van der Waals surface area contributed by atoms with Crippen LogP contribution in [0.2, 0.25) is 0 Å².